The summed E-state index contributed by atoms with van der Waals surface area (Å²) in [6, 6.07) is 3.83. The summed E-state index contributed by atoms with van der Waals surface area (Å²) in [6.45, 7) is 3.93. The molecule has 2 atom stereocenters. The Balaban J connectivity index is 2.66. The molecule has 1 aromatic rings. The summed E-state index contributed by atoms with van der Waals surface area (Å²) in [5.41, 5.74) is 0.553. The van der Waals surface area contributed by atoms with Crippen molar-refractivity contribution >= 4 is 0 Å². The van der Waals surface area contributed by atoms with E-state index in [1.54, 1.807) is 19.5 Å². The molecule has 0 aromatic carbocycles. The predicted molar refractivity (Wildman–Crippen MR) is 59.7 cm³/mol. The molecular weight excluding hydrogens is 190 g/mol. The Morgan fingerprint density at radius 2 is 2.33 bits per heavy atom. The lowest BCUT2D eigenvalue weighted by molar-refractivity contribution is -0.0914. The minimum absolute atomic E-state index is 0.476. The first-order chi connectivity index (χ1) is 7.12. The minimum Gasteiger partial charge on any atom is -0.390 e. The first-order valence-electron chi connectivity index (χ1n) is 5.24. The molecular formula is C12H19NO2. The Morgan fingerprint density at radius 1 is 1.60 bits per heavy atom. The Bertz CT molecular complexity index is 283. The highest BCUT2D eigenvalue weighted by Crippen LogP contribution is 2.21. The van der Waals surface area contributed by atoms with Gasteiger partial charge in [-0.2, -0.15) is 0 Å². The van der Waals surface area contributed by atoms with Crippen LogP contribution in [-0.4, -0.2) is 28.9 Å². The van der Waals surface area contributed by atoms with Crippen LogP contribution in [0.5, 0.6) is 0 Å². The molecule has 0 spiro atoms. The van der Waals surface area contributed by atoms with Gasteiger partial charge in [-0.15, -0.1) is 0 Å². The van der Waals surface area contributed by atoms with Crippen molar-refractivity contribution in [1.29, 1.82) is 0 Å². The molecule has 0 amide bonds. The van der Waals surface area contributed by atoms with E-state index in [0.717, 1.165) is 12.0 Å². The molecule has 0 saturated carbocycles. The summed E-state index contributed by atoms with van der Waals surface area (Å²) >= 11 is 0. The molecule has 0 aliphatic carbocycles. The van der Waals surface area contributed by atoms with Crippen LogP contribution in [0.4, 0.5) is 0 Å². The van der Waals surface area contributed by atoms with Gasteiger partial charge in [0.25, 0.3) is 0 Å². The number of nitrogens with zero attached hydrogens (tertiary/aromatic N) is 1. The van der Waals surface area contributed by atoms with Gasteiger partial charge in [-0.25, -0.2) is 0 Å². The lowest BCUT2D eigenvalue weighted by atomic mass is 9.91. The Morgan fingerprint density at radius 3 is 2.80 bits per heavy atom. The summed E-state index contributed by atoms with van der Waals surface area (Å²) in [7, 11) is 1.63. The Hall–Kier alpha value is -0.930. The van der Waals surface area contributed by atoms with Crippen LogP contribution in [0.15, 0.2) is 24.5 Å². The zero-order chi connectivity index (χ0) is 11.3. The molecule has 3 nitrogen and oxygen atoms in total. The number of hydrogen-bond donors (Lipinski definition) is 1. The molecule has 0 fully saturated rings. The fourth-order valence-corrected chi connectivity index (χ4v) is 1.47. The van der Waals surface area contributed by atoms with Gasteiger partial charge in [-0.05, 0) is 25.0 Å². The van der Waals surface area contributed by atoms with Gasteiger partial charge in [0.2, 0.25) is 0 Å². The molecule has 1 rings (SSSR count). The van der Waals surface area contributed by atoms with Crippen molar-refractivity contribution in [1.82, 2.24) is 4.98 Å². The summed E-state index contributed by atoms with van der Waals surface area (Å²) < 4.78 is 5.35. The molecule has 0 radical (unpaired) electrons. The second kappa shape index (κ2) is 5.24. The quantitative estimate of drug-likeness (QED) is 0.804. The van der Waals surface area contributed by atoms with Gasteiger partial charge in [0.05, 0.1) is 11.7 Å². The van der Waals surface area contributed by atoms with E-state index in [-0.39, 0.29) is 0 Å². The predicted octanol–water partition coefficient (Wildman–Crippen LogP) is 1.80. The number of aliphatic hydroxyl groups is 1. The third-order valence-corrected chi connectivity index (χ3v) is 3.03. The molecule has 1 aromatic heterocycles. The number of pyridine rings is 1. The molecule has 0 aliphatic heterocycles. The van der Waals surface area contributed by atoms with Crippen LogP contribution in [-0.2, 0) is 11.2 Å². The summed E-state index contributed by atoms with van der Waals surface area (Å²) in [4.78, 5) is 4.02. The van der Waals surface area contributed by atoms with Crippen molar-refractivity contribution in [2.24, 2.45) is 0 Å². The van der Waals surface area contributed by atoms with Gasteiger partial charge in [-0.1, -0.05) is 13.0 Å². The molecule has 1 heterocycles. The minimum atomic E-state index is -0.503. The average molecular weight is 209 g/mol. The molecule has 3 heteroatoms. The standard InChI is InChI=1S/C12H19NO2/c1-4-12(2,15-3)11(14)8-10-6-5-7-13-9-10/h5-7,9,11,14H,4,8H2,1-3H3. The fraction of sp³-hybridized carbons (Fsp3) is 0.583. The van der Waals surface area contributed by atoms with Crippen LogP contribution < -0.4 is 0 Å². The Labute approximate surface area is 91.1 Å². The first-order valence-corrected chi connectivity index (χ1v) is 5.24. The highest BCUT2D eigenvalue weighted by atomic mass is 16.5. The smallest absolute Gasteiger partial charge is 0.0909 e. The maximum absolute atomic E-state index is 10.1. The maximum Gasteiger partial charge on any atom is 0.0909 e. The van der Waals surface area contributed by atoms with Crippen LogP contribution in [0, 0.1) is 0 Å². The van der Waals surface area contributed by atoms with E-state index in [0.29, 0.717) is 6.42 Å². The van der Waals surface area contributed by atoms with E-state index in [1.165, 1.54) is 0 Å². The zero-order valence-corrected chi connectivity index (χ0v) is 9.60. The van der Waals surface area contributed by atoms with Gasteiger partial charge in [0, 0.05) is 25.9 Å². The van der Waals surface area contributed by atoms with Crippen molar-refractivity contribution in [3.8, 4) is 0 Å². The van der Waals surface area contributed by atoms with Gasteiger partial charge in [-0.3, -0.25) is 4.98 Å². The van der Waals surface area contributed by atoms with E-state index in [4.69, 9.17) is 4.74 Å². The van der Waals surface area contributed by atoms with Crippen LogP contribution in [0.25, 0.3) is 0 Å². The number of aliphatic hydroxyl groups excluding tert-OH is 1. The normalized spacial score (nSPS) is 17.1. The number of hydrogen-bond acceptors (Lipinski definition) is 3. The molecule has 84 valence electrons. The number of ether oxygens (including phenoxy) is 1. The van der Waals surface area contributed by atoms with Gasteiger partial charge in [0.1, 0.15) is 0 Å². The van der Waals surface area contributed by atoms with Crippen molar-refractivity contribution in [3.05, 3.63) is 30.1 Å². The summed E-state index contributed by atoms with van der Waals surface area (Å²) in [5, 5.41) is 10.1. The lowest BCUT2D eigenvalue weighted by Gasteiger charge is -2.32. The number of rotatable bonds is 5. The lowest BCUT2D eigenvalue weighted by Crippen LogP contribution is -2.42. The second-order valence-electron chi connectivity index (χ2n) is 3.95. The zero-order valence-electron chi connectivity index (χ0n) is 9.60. The van der Waals surface area contributed by atoms with Crippen molar-refractivity contribution in [2.45, 2.75) is 38.4 Å². The van der Waals surface area contributed by atoms with E-state index in [1.807, 2.05) is 26.0 Å². The summed E-state index contributed by atoms with van der Waals surface area (Å²) in [5.74, 6) is 0. The number of methoxy groups -OCH3 is 1. The average Bonchev–Trinajstić information content (AvgIpc) is 2.29. The molecule has 0 bridgehead atoms. The first kappa shape index (κ1) is 12.1. The fourth-order valence-electron chi connectivity index (χ4n) is 1.47. The largest absolute Gasteiger partial charge is 0.390 e. The van der Waals surface area contributed by atoms with Crippen molar-refractivity contribution in [3.63, 3.8) is 0 Å². The highest BCUT2D eigenvalue weighted by molar-refractivity contribution is 5.10. The van der Waals surface area contributed by atoms with E-state index >= 15 is 0 Å². The van der Waals surface area contributed by atoms with E-state index in [2.05, 4.69) is 4.98 Å². The van der Waals surface area contributed by atoms with Gasteiger partial charge < -0.3 is 9.84 Å². The third-order valence-electron chi connectivity index (χ3n) is 3.03. The molecule has 0 aliphatic rings. The topological polar surface area (TPSA) is 42.4 Å². The molecule has 2 unspecified atom stereocenters. The van der Waals surface area contributed by atoms with Gasteiger partial charge in [0.15, 0.2) is 0 Å². The maximum atomic E-state index is 10.1. The van der Waals surface area contributed by atoms with Crippen LogP contribution in [0.3, 0.4) is 0 Å². The van der Waals surface area contributed by atoms with Crippen LogP contribution in [0.1, 0.15) is 25.8 Å². The molecule has 0 saturated heterocycles. The molecule has 15 heavy (non-hydrogen) atoms. The summed E-state index contributed by atoms with van der Waals surface area (Å²) in [6.07, 6.45) is 4.36. The molecule has 1 N–H and O–H groups in total. The van der Waals surface area contributed by atoms with Crippen molar-refractivity contribution < 1.29 is 9.84 Å². The monoisotopic (exact) mass is 209 g/mol. The highest BCUT2D eigenvalue weighted by Gasteiger charge is 2.30. The van der Waals surface area contributed by atoms with Gasteiger partial charge >= 0.3 is 0 Å². The third kappa shape index (κ3) is 3.01. The van der Waals surface area contributed by atoms with E-state index in [9.17, 15) is 5.11 Å². The van der Waals surface area contributed by atoms with Crippen molar-refractivity contribution in [2.75, 3.05) is 7.11 Å². The number of aromatic nitrogens is 1. The van der Waals surface area contributed by atoms with Crippen LogP contribution >= 0.6 is 0 Å². The Kier molecular flexibility index (Phi) is 4.24. The SMILES string of the molecule is CCC(C)(OC)C(O)Cc1cccnc1. The second-order valence-corrected chi connectivity index (χ2v) is 3.95. The van der Waals surface area contributed by atoms with Crippen LogP contribution in [0.2, 0.25) is 0 Å². The van der Waals surface area contributed by atoms with E-state index < -0.39 is 11.7 Å².